The van der Waals surface area contributed by atoms with Gasteiger partial charge in [-0.05, 0) is 30.3 Å². The number of amides is 2. The molecule has 0 bridgehead atoms. The summed E-state index contributed by atoms with van der Waals surface area (Å²) >= 11 is 12.3. The molecule has 0 aliphatic carbocycles. The topological polar surface area (TPSA) is 79.0 Å². The molecule has 2 aromatic rings. The Balaban J connectivity index is 0.00000363. The summed E-state index contributed by atoms with van der Waals surface area (Å²) in [6.07, 6.45) is 0. The minimum Gasteiger partial charge on any atom is -0.379 e. The largest absolute Gasteiger partial charge is 0.379 e. The van der Waals surface area contributed by atoms with E-state index in [1.54, 1.807) is 43.4 Å². The fourth-order valence-corrected chi connectivity index (χ4v) is 3.61. The molecule has 0 atom stereocenters. The van der Waals surface area contributed by atoms with Crippen LogP contribution < -0.4 is 10.2 Å². The Hall–Kier alpha value is -2.16. The average molecular weight is 501 g/mol. The van der Waals surface area contributed by atoms with Gasteiger partial charge in [-0.15, -0.1) is 12.4 Å². The van der Waals surface area contributed by atoms with Crippen molar-refractivity contribution in [1.29, 1.82) is 0 Å². The molecule has 1 aliphatic rings. The van der Waals surface area contributed by atoms with Crippen LogP contribution in [0.15, 0.2) is 42.5 Å². The van der Waals surface area contributed by atoms with Gasteiger partial charge in [0.05, 0.1) is 37.0 Å². The van der Waals surface area contributed by atoms with Crippen LogP contribution in [-0.4, -0.2) is 68.9 Å². The summed E-state index contributed by atoms with van der Waals surface area (Å²) in [6, 6.07) is 11.4. The van der Waals surface area contributed by atoms with Gasteiger partial charge in [0.15, 0.2) is 5.78 Å². The third-order valence-corrected chi connectivity index (χ3v) is 5.53. The van der Waals surface area contributed by atoms with Crippen LogP contribution in [0.2, 0.25) is 10.0 Å². The van der Waals surface area contributed by atoms with E-state index in [-0.39, 0.29) is 48.7 Å². The van der Waals surface area contributed by atoms with Gasteiger partial charge >= 0.3 is 0 Å². The van der Waals surface area contributed by atoms with Gasteiger partial charge in [-0.2, -0.15) is 0 Å². The molecule has 2 amide bonds. The van der Waals surface area contributed by atoms with Crippen LogP contribution in [0.5, 0.6) is 0 Å². The number of carbonyl (C=O) groups is 3. The van der Waals surface area contributed by atoms with E-state index in [1.807, 2.05) is 4.90 Å². The molecule has 1 aliphatic heterocycles. The lowest BCUT2D eigenvalue weighted by Gasteiger charge is -2.26. The number of benzene rings is 2. The van der Waals surface area contributed by atoms with Gasteiger partial charge < -0.3 is 15.0 Å². The molecule has 0 saturated carbocycles. The van der Waals surface area contributed by atoms with E-state index in [0.717, 1.165) is 0 Å². The highest BCUT2D eigenvalue weighted by atomic mass is 35.5. The van der Waals surface area contributed by atoms with Gasteiger partial charge in [-0.25, -0.2) is 0 Å². The second-order valence-electron chi connectivity index (χ2n) is 7.09. The average Bonchev–Trinajstić information content (AvgIpc) is 2.77. The summed E-state index contributed by atoms with van der Waals surface area (Å²) in [7, 11) is 1.54. The van der Waals surface area contributed by atoms with E-state index in [1.165, 1.54) is 11.0 Å². The zero-order valence-corrected chi connectivity index (χ0v) is 19.8. The van der Waals surface area contributed by atoms with Gasteiger partial charge in [-0.1, -0.05) is 35.3 Å². The molecule has 172 valence electrons. The number of rotatable bonds is 7. The Bertz CT molecular complexity index is 981. The molecule has 1 saturated heterocycles. The minimum absolute atomic E-state index is 0. The first-order valence-corrected chi connectivity index (χ1v) is 10.5. The lowest BCUT2D eigenvalue weighted by atomic mass is 10.0. The third-order valence-electron chi connectivity index (χ3n) is 4.96. The number of halogens is 3. The molecule has 32 heavy (non-hydrogen) atoms. The van der Waals surface area contributed by atoms with E-state index in [4.69, 9.17) is 27.9 Å². The number of carbonyl (C=O) groups excluding carboxylic acids is 3. The smallest absolute Gasteiger partial charge is 0.246 e. The van der Waals surface area contributed by atoms with Crippen LogP contribution in [-0.2, 0) is 14.3 Å². The predicted molar refractivity (Wildman–Crippen MR) is 127 cm³/mol. The van der Waals surface area contributed by atoms with E-state index < -0.39 is 0 Å². The van der Waals surface area contributed by atoms with Crippen LogP contribution in [0.3, 0.4) is 0 Å². The molecule has 1 N–H and O–H groups in total. The molecule has 1 heterocycles. The number of nitrogens with one attached hydrogen (secondary N) is 1. The summed E-state index contributed by atoms with van der Waals surface area (Å²) in [5.41, 5.74) is 0.935. The third kappa shape index (κ3) is 6.67. The summed E-state index contributed by atoms with van der Waals surface area (Å²) in [4.78, 5) is 41.3. The number of hydrogen-bond acceptors (Lipinski definition) is 5. The zero-order valence-electron chi connectivity index (χ0n) is 17.5. The van der Waals surface area contributed by atoms with E-state index in [9.17, 15) is 14.4 Å². The van der Waals surface area contributed by atoms with Crippen molar-refractivity contribution in [3.63, 3.8) is 0 Å². The summed E-state index contributed by atoms with van der Waals surface area (Å²) in [5, 5.41) is 3.30. The Morgan fingerprint density at radius 2 is 1.75 bits per heavy atom. The Labute approximate surface area is 203 Å². The van der Waals surface area contributed by atoms with Crippen LogP contribution in [0.25, 0.3) is 0 Å². The lowest BCUT2D eigenvalue weighted by Crippen LogP contribution is -2.45. The van der Waals surface area contributed by atoms with Crippen molar-refractivity contribution in [2.45, 2.75) is 0 Å². The Kier molecular flexibility index (Phi) is 9.93. The van der Waals surface area contributed by atoms with Crippen LogP contribution in [0.1, 0.15) is 15.9 Å². The second kappa shape index (κ2) is 12.2. The van der Waals surface area contributed by atoms with Crippen LogP contribution in [0.4, 0.5) is 5.69 Å². The maximum atomic E-state index is 13.1. The summed E-state index contributed by atoms with van der Waals surface area (Å²) < 4.78 is 5.26. The van der Waals surface area contributed by atoms with E-state index >= 15 is 0 Å². The fraction of sp³-hybridized carbons (Fsp3) is 0.318. The number of nitrogens with zero attached hydrogens (tertiary/aromatic N) is 2. The molecule has 0 unspecified atom stereocenters. The van der Waals surface area contributed by atoms with E-state index in [0.29, 0.717) is 47.6 Å². The highest BCUT2D eigenvalue weighted by Gasteiger charge is 2.22. The van der Waals surface area contributed by atoms with Crippen molar-refractivity contribution >= 4 is 58.9 Å². The quantitative estimate of drug-likeness (QED) is 0.591. The normalized spacial score (nSPS) is 13.7. The van der Waals surface area contributed by atoms with Gasteiger partial charge in [0, 0.05) is 36.3 Å². The number of hydrogen-bond donors (Lipinski definition) is 1. The maximum Gasteiger partial charge on any atom is 0.246 e. The number of ether oxygens (including phenoxy) is 1. The first-order valence-electron chi connectivity index (χ1n) is 9.79. The number of likely N-dealkylation sites (N-methyl/N-ethyl adjacent to an activating group) is 1. The van der Waals surface area contributed by atoms with Crippen LogP contribution >= 0.6 is 35.6 Å². The minimum atomic E-state index is -0.370. The van der Waals surface area contributed by atoms with Gasteiger partial charge in [0.2, 0.25) is 11.8 Å². The Morgan fingerprint density at radius 1 is 1.06 bits per heavy atom. The lowest BCUT2D eigenvalue weighted by molar-refractivity contribution is -0.126. The Morgan fingerprint density at radius 3 is 2.44 bits per heavy atom. The summed E-state index contributed by atoms with van der Waals surface area (Å²) in [5.74, 6) is -0.961. The molecule has 1 fully saturated rings. The molecule has 2 aromatic carbocycles. The fourth-order valence-electron chi connectivity index (χ4n) is 3.22. The first kappa shape index (κ1) is 26.1. The van der Waals surface area contributed by atoms with Crippen molar-refractivity contribution in [1.82, 2.24) is 10.2 Å². The van der Waals surface area contributed by atoms with Gasteiger partial charge in [-0.3, -0.25) is 19.3 Å². The zero-order chi connectivity index (χ0) is 22.4. The second-order valence-corrected chi connectivity index (χ2v) is 7.93. The summed E-state index contributed by atoms with van der Waals surface area (Å²) in [6.45, 7) is 2.56. The number of anilines is 1. The van der Waals surface area contributed by atoms with Crippen molar-refractivity contribution in [3.05, 3.63) is 63.6 Å². The first-order chi connectivity index (χ1) is 14.9. The van der Waals surface area contributed by atoms with Crippen molar-refractivity contribution in [3.8, 4) is 0 Å². The standard InChI is InChI=1S/C22H23Cl2N3O4.ClH/c1-26(21(29)13-25-20(28)14-27-8-10-31-11-9-27)19-7-6-15(23)12-17(19)22(30)16-4-2-3-5-18(16)24;/h2-7,12H,8-11,13-14H2,1H3,(H,25,28);1H. The highest BCUT2D eigenvalue weighted by molar-refractivity contribution is 6.36. The SMILES string of the molecule is CN(C(=O)CNC(=O)CN1CCOCC1)c1ccc(Cl)cc1C(=O)c1ccccc1Cl.Cl. The van der Waals surface area contributed by atoms with Gasteiger partial charge in [0.25, 0.3) is 0 Å². The molecule has 3 rings (SSSR count). The number of morpholine rings is 1. The molecule has 0 spiro atoms. The van der Waals surface area contributed by atoms with Crippen molar-refractivity contribution in [2.75, 3.05) is 51.3 Å². The number of ketones is 1. The van der Waals surface area contributed by atoms with E-state index in [2.05, 4.69) is 5.32 Å². The van der Waals surface area contributed by atoms with Gasteiger partial charge in [0.1, 0.15) is 0 Å². The molecule has 7 nitrogen and oxygen atoms in total. The molecule has 0 radical (unpaired) electrons. The predicted octanol–water partition coefficient (Wildman–Crippen LogP) is 3.06. The van der Waals surface area contributed by atoms with Crippen molar-refractivity contribution in [2.24, 2.45) is 0 Å². The monoisotopic (exact) mass is 499 g/mol. The molecule has 0 aromatic heterocycles. The highest BCUT2D eigenvalue weighted by Crippen LogP contribution is 2.28. The molecular weight excluding hydrogens is 477 g/mol. The maximum absolute atomic E-state index is 13.1. The van der Waals surface area contributed by atoms with Crippen molar-refractivity contribution < 1.29 is 19.1 Å². The molecular formula is C22H24Cl3N3O4. The molecule has 10 heteroatoms. The van der Waals surface area contributed by atoms with Crippen LogP contribution in [0, 0.1) is 0 Å².